The number of halogens is 1. The van der Waals surface area contributed by atoms with Crippen LogP contribution in [0.3, 0.4) is 0 Å². The standard InChI is InChI=1S/C7H14FN.C2H6/c1-7(8)4-6(7)5-9(2)3;1-2/h6H,4-5H2,1-3H3;1-2H3. The Hall–Kier alpha value is -0.110. The summed E-state index contributed by atoms with van der Waals surface area (Å²) in [6.45, 7) is 6.58. The average Bonchev–Trinajstić information content (AvgIpc) is 2.43. The normalized spacial score (nSPS) is 34.6. The van der Waals surface area contributed by atoms with Crippen LogP contribution in [-0.2, 0) is 0 Å². The van der Waals surface area contributed by atoms with E-state index in [9.17, 15) is 4.39 Å². The van der Waals surface area contributed by atoms with Crippen LogP contribution in [0, 0.1) is 5.92 Å². The highest BCUT2D eigenvalue weighted by Crippen LogP contribution is 2.46. The molecule has 1 fully saturated rings. The predicted molar refractivity (Wildman–Crippen MR) is 47.5 cm³/mol. The molecular weight excluding hydrogens is 141 g/mol. The van der Waals surface area contributed by atoms with Crippen molar-refractivity contribution in [2.45, 2.75) is 32.9 Å². The van der Waals surface area contributed by atoms with Crippen LogP contribution >= 0.6 is 0 Å². The molecule has 68 valence electrons. The van der Waals surface area contributed by atoms with Crippen LogP contribution in [0.2, 0.25) is 0 Å². The van der Waals surface area contributed by atoms with E-state index >= 15 is 0 Å². The van der Waals surface area contributed by atoms with E-state index in [0.29, 0.717) is 5.92 Å². The van der Waals surface area contributed by atoms with E-state index in [-0.39, 0.29) is 0 Å². The van der Waals surface area contributed by atoms with Gasteiger partial charge in [-0.3, -0.25) is 0 Å². The SMILES string of the molecule is CC.CN(C)CC1CC1(C)F. The molecule has 0 aliphatic heterocycles. The molecule has 1 saturated carbocycles. The van der Waals surface area contributed by atoms with Crippen LogP contribution in [0.15, 0.2) is 0 Å². The van der Waals surface area contributed by atoms with Crippen molar-refractivity contribution in [3.63, 3.8) is 0 Å². The van der Waals surface area contributed by atoms with Gasteiger partial charge in [-0.1, -0.05) is 13.8 Å². The van der Waals surface area contributed by atoms with Gasteiger partial charge in [0.1, 0.15) is 5.67 Å². The second-order valence-electron chi connectivity index (χ2n) is 3.44. The van der Waals surface area contributed by atoms with Gasteiger partial charge in [-0.25, -0.2) is 4.39 Å². The molecule has 0 N–H and O–H groups in total. The zero-order valence-corrected chi connectivity index (χ0v) is 8.32. The summed E-state index contributed by atoms with van der Waals surface area (Å²) >= 11 is 0. The molecule has 1 aliphatic rings. The lowest BCUT2D eigenvalue weighted by atomic mass is 10.3. The Bertz CT molecular complexity index is 110. The summed E-state index contributed by atoms with van der Waals surface area (Å²) < 4.78 is 12.8. The molecule has 0 amide bonds. The van der Waals surface area contributed by atoms with Crippen LogP contribution in [0.4, 0.5) is 4.39 Å². The molecule has 2 atom stereocenters. The Morgan fingerprint density at radius 3 is 1.91 bits per heavy atom. The van der Waals surface area contributed by atoms with Crippen LogP contribution in [0.25, 0.3) is 0 Å². The van der Waals surface area contributed by atoms with Gasteiger partial charge in [-0.15, -0.1) is 0 Å². The number of rotatable bonds is 2. The third-order valence-electron chi connectivity index (χ3n) is 1.92. The number of hydrogen-bond donors (Lipinski definition) is 0. The molecule has 1 nitrogen and oxygen atoms in total. The highest BCUT2D eigenvalue weighted by atomic mass is 19.1. The molecule has 0 aromatic rings. The molecular formula is C9H20FN. The van der Waals surface area contributed by atoms with Gasteiger partial charge in [0, 0.05) is 12.5 Å². The smallest absolute Gasteiger partial charge is 0.112 e. The first-order valence-corrected chi connectivity index (χ1v) is 4.36. The Morgan fingerprint density at radius 1 is 1.45 bits per heavy atom. The average molecular weight is 161 g/mol. The Balaban J connectivity index is 0.000000461. The minimum Gasteiger partial charge on any atom is -0.309 e. The highest BCUT2D eigenvalue weighted by Gasteiger charge is 2.50. The summed E-state index contributed by atoms with van der Waals surface area (Å²) in [7, 11) is 3.96. The van der Waals surface area contributed by atoms with Gasteiger partial charge in [0.15, 0.2) is 0 Å². The molecule has 0 saturated heterocycles. The first-order chi connectivity index (χ1) is 5.02. The lowest BCUT2D eigenvalue weighted by molar-refractivity contribution is 0.276. The first-order valence-electron chi connectivity index (χ1n) is 4.36. The molecule has 1 aliphatic carbocycles. The van der Waals surface area contributed by atoms with Crippen molar-refractivity contribution in [3.05, 3.63) is 0 Å². The van der Waals surface area contributed by atoms with Crippen LogP contribution < -0.4 is 0 Å². The summed E-state index contributed by atoms with van der Waals surface area (Å²) in [5, 5.41) is 0. The van der Waals surface area contributed by atoms with Gasteiger partial charge in [0.2, 0.25) is 0 Å². The fraction of sp³-hybridized carbons (Fsp3) is 1.00. The minimum absolute atomic E-state index is 0.299. The van der Waals surface area contributed by atoms with Crippen molar-refractivity contribution in [3.8, 4) is 0 Å². The minimum atomic E-state index is -0.843. The topological polar surface area (TPSA) is 3.24 Å². The zero-order valence-electron chi connectivity index (χ0n) is 8.32. The Labute approximate surface area is 69.6 Å². The van der Waals surface area contributed by atoms with Crippen molar-refractivity contribution < 1.29 is 4.39 Å². The van der Waals surface area contributed by atoms with E-state index in [1.54, 1.807) is 6.92 Å². The third kappa shape index (κ3) is 3.71. The second kappa shape index (κ2) is 4.05. The molecule has 0 heterocycles. The summed E-state index contributed by atoms with van der Waals surface area (Å²) in [6.07, 6.45) is 0.755. The van der Waals surface area contributed by atoms with Gasteiger partial charge in [0.05, 0.1) is 0 Å². The van der Waals surface area contributed by atoms with E-state index < -0.39 is 5.67 Å². The number of hydrogen-bond acceptors (Lipinski definition) is 1. The van der Waals surface area contributed by atoms with Crippen molar-refractivity contribution in [2.75, 3.05) is 20.6 Å². The molecule has 0 bridgehead atoms. The first kappa shape index (κ1) is 10.9. The van der Waals surface area contributed by atoms with Crippen molar-refractivity contribution >= 4 is 0 Å². The molecule has 1 rings (SSSR count). The second-order valence-corrected chi connectivity index (χ2v) is 3.44. The predicted octanol–water partition coefficient (Wildman–Crippen LogP) is 2.32. The number of nitrogens with zero attached hydrogens (tertiary/aromatic N) is 1. The molecule has 11 heavy (non-hydrogen) atoms. The van der Waals surface area contributed by atoms with Crippen LogP contribution in [0.5, 0.6) is 0 Å². The van der Waals surface area contributed by atoms with E-state index in [2.05, 4.69) is 0 Å². The van der Waals surface area contributed by atoms with E-state index in [1.165, 1.54) is 0 Å². The van der Waals surface area contributed by atoms with Gasteiger partial charge in [-0.05, 0) is 27.4 Å². The fourth-order valence-electron chi connectivity index (χ4n) is 1.12. The molecule has 2 heteroatoms. The Kier molecular flexibility index (Phi) is 4.01. The lowest BCUT2D eigenvalue weighted by Gasteiger charge is -2.08. The number of alkyl halides is 1. The molecule has 2 unspecified atom stereocenters. The van der Waals surface area contributed by atoms with Crippen molar-refractivity contribution in [1.82, 2.24) is 4.90 Å². The summed E-state index contributed by atoms with van der Waals surface area (Å²) in [6, 6.07) is 0. The largest absolute Gasteiger partial charge is 0.309 e. The highest BCUT2D eigenvalue weighted by molar-refractivity contribution is 5.00. The van der Waals surface area contributed by atoms with Crippen molar-refractivity contribution in [2.24, 2.45) is 5.92 Å². The summed E-state index contributed by atoms with van der Waals surface area (Å²) in [5.74, 6) is 0.299. The van der Waals surface area contributed by atoms with Gasteiger partial charge in [-0.2, -0.15) is 0 Å². The monoisotopic (exact) mass is 161 g/mol. The third-order valence-corrected chi connectivity index (χ3v) is 1.92. The fourth-order valence-corrected chi connectivity index (χ4v) is 1.12. The quantitative estimate of drug-likeness (QED) is 0.600. The zero-order chi connectivity index (χ0) is 9.07. The maximum absolute atomic E-state index is 12.8. The lowest BCUT2D eigenvalue weighted by Crippen LogP contribution is -2.17. The van der Waals surface area contributed by atoms with E-state index in [0.717, 1.165) is 13.0 Å². The van der Waals surface area contributed by atoms with E-state index in [1.807, 2.05) is 32.8 Å². The van der Waals surface area contributed by atoms with Crippen molar-refractivity contribution in [1.29, 1.82) is 0 Å². The van der Waals surface area contributed by atoms with Gasteiger partial charge < -0.3 is 4.90 Å². The molecule has 0 radical (unpaired) electrons. The van der Waals surface area contributed by atoms with E-state index in [4.69, 9.17) is 0 Å². The summed E-state index contributed by atoms with van der Waals surface area (Å²) in [4.78, 5) is 2.04. The Morgan fingerprint density at radius 2 is 1.82 bits per heavy atom. The maximum atomic E-state index is 12.8. The van der Waals surface area contributed by atoms with Gasteiger partial charge in [0.25, 0.3) is 0 Å². The summed E-state index contributed by atoms with van der Waals surface area (Å²) in [5.41, 5.74) is -0.843. The maximum Gasteiger partial charge on any atom is 0.112 e. The molecule has 0 spiro atoms. The van der Waals surface area contributed by atoms with Crippen LogP contribution in [0.1, 0.15) is 27.2 Å². The van der Waals surface area contributed by atoms with Crippen LogP contribution in [-0.4, -0.2) is 31.2 Å². The molecule has 0 aromatic heterocycles. The molecule has 0 aromatic carbocycles. The van der Waals surface area contributed by atoms with Gasteiger partial charge >= 0.3 is 0 Å².